The smallest absolute Gasteiger partial charge is 0.251 e. The van der Waals surface area contributed by atoms with E-state index in [0.29, 0.717) is 17.9 Å². The molecule has 1 aliphatic rings. The molecule has 0 heterocycles. The van der Waals surface area contributed by atoms with Crippen molar-refractivity contribution in [1.29, 1.82) is 0 Å². The number of ether oxygens (including phenoxy) is 1. The fourth-order valence-corrected chi connectivity index (χ4v) is 2.54. The summed E-state index contributed by atoms with van der Waals surface area (Å²) in [5.41, 5.74) is 6.88. The van der Waals surface area contributed by atoms with Crippen molar-refractivity contribution in [3.05, 3.63) is 29.8 Å². The van der Waals surface area contributed by atoms with E-state index in [0.717, 1.165) is 6.42 Å². The van der Waals surface area contributed by atoms with Gasteiger partial charge in [-0.3, -0.25) is 4.79 Å². The number of amides is 1. The van der Waals surface area contributed by atoms with Gasteiger partial charge < -0.3 is 15.8 Å². The maximum atomic E-state index is 12.1. The minimum Gasteiger partial charge on any atom is -0.399 e. The van der Waals surface area contributed by atoms with Crippen molar-refractivity contribution >= 4 is 11.6 Å². The molecule has 0 aromatic heterocycles. The summed E-state index contributed by atoms with van der Waals surface area (Å²) in [6, 6.07) is 7.19. The molecule has 19 heavy (non-hydrogen) atoms. The van der Waals surface area contributed by atoms with Gasteiger partial charge in [-0.2, -0.15) is 0 Å². The number of nitrogens with one attached hydrogen (secondary N) is 1. The fraction of sp³-hybridized carbons (Fsp3) is 0.533. The first-order valence-electron chi connectivity index (χ1n) is 6.73. The molecule has 0 radical (unpaired) electrons. The molecular formula is C15H22N2O2. The highest BCUT2D eigenvalue weighted by Crippen LogP contribution is 2.42. The second-order valence-corrected chi connectivity index (χ2v) is 5.65. The largest absolute Gasteiger partial charge is 0.399 e. The van der Waals surface area contributed by atoms with Gasteiger partial charge in [0, 0.05) is 29.3 Å². The summed E-state index contributed by atoms with van der Waals surface area (Å²) in [7, 11) is 0. The van der Waals surface area contributed by atoms with Crippen molar-refractivity contribution in [2.75, 3.05) is 12.3 Å². The molecule has 2 unspecified atom stereocenters. The predicted molar refractivity (Wildman–Crippen MR) is 75.9 cm³/mol. The minimum absolute atomic E-state index is 0.0218. The molecule has 2 atom stereocenters. The lowest BCUT2D eigenvalue weighted by Crippen LogP contribution is -2.62. The van der Waals surface area contributed by atoms with Crippen LogP contribution < -0.4 is 11.1 Å². The van der Waals surface area contributed by atoms with Gasteiger partial charge in [0.05, 0.1) is 6.10 Å². The third kappa shape index (κ3) is 2.73. The lowest BCUT2D eigenvalue weighted by atomic mass is 9.64. The van der Waals surface area contributed by atoms with Crippen LogP contribution in [0.25, 0.3) is 0 Å². The molecule has 1 aromatic rings. The van der Waals surface area contributed by atoms with Crippen molar-refractivity contribution in [3.63, 3.8) is 0 Å². The molecule has 4 nitrogen and oxygen atoms in total. The van der Waals surface area contributed by atoms with Gasteiger partial charge in [0.2, 0.25) is 0 Å². The van der Waals surface area contributed by atoms with Crippen LogP contribution in [-0.4, -0.2) is 24.7 Å². The van der Waals surface area contributed by atoms with Crippen LogP contribution in [0.1, 0.15) is 37.6 Å². The summed E-state index contributed by atoms with van der Waals surface area (Å²) < 4.78 is 5.66. The molecule has 0 spiro atoms. The summed E-state index contributed by atoms with van der Waals surface area (Å²) in [5, 5.41) is 3.06. The number of benzene rings is 1. The van der Waals surface area contributed by atoms with E-state index >= 15 is 0 Å². The zero-order chi connectivity index (χ0) is 14.0. The third-order valence-corrected chi connectivity index (χ3v) is 4.00. The number of hydrogen-bond acceptors (Lipinski definition) is 3. The summed E-state index contributed by atoms with van der Waals surface area (Å²) in [6.07, 6.45) is 1.10. The molecule has 1 aromatic carbocycles. The van der Waals surface area contributed by atoms with Gasteiger partial charge in [-0.15, -0.1) is 0 Å². The Bertz CT molecular complexity index is 471. The van der Waals surface area contributed by atoms with Crippen LogP contribution in [0.3, 0.4) is 0 Å². The van der Waals surface area contributed by atoms with E-state index in [4.69, 9.17) is 10.5 Å². The fourth-order valence-electron chi connectivity index (χ4n) is 2.54. The summed E-state index contributed by atoms with van der Waals surface area (Å²) >= 11 is 0. The maximum absolute atomic E-state index is 12.1. The molecular weight excluding hydrogens is 240 g/mol. The van der Waals surface area contributed by atoms with Crippen LogP contribution in [0.4, 0.5) is 5.69 Å². The molecule has 0 aliphatic heterocycles. The van der Waals surface area contributed by atoms with E-state index in [1.165, 1.54) is 0 Å². The van der Waals surface area contributed by atoms with Gasteiger partial charge in [-0.25, -0.2) is 0 Å². The second kappa shape index (κ2) is 5.21. The first kappa shape index (κ1) is 13.9. The van der Waals surface area contributed by atoms with Crippen molar-refractivity contribution in [2.24, 2.45) is 5.41 Å². The average Bonchev–Trinajstić information content (AvgIpc) is 2.37. The molecule has 3 N–H and O–H groups in total. The van der Waals surface area contributed by atoms with Crippen LogP contribution in [0.15, 0.2) is 24.3 Å². The van der Waals surface area contributed by atoms with Gasteiger partial charge >= 0.3 is 0 Å². The van der Waals surface area contributed by atoms with Gasteiger partial charge in [0.15, 0.2) is 0 Å². The Balaban J connectivity index is 1.98. The Labute approximate surface area is 114 Å². The van der Waals surface area contributed by atoms with E-state index in [1.807, 2.05) is 6.92 Å². The molecule has 2 rings (SSSR count). The zero-order valence-electron chi connectivity index (χ0n) is 11.8. The SMILES string of the molecule is CCOC1CC(NC(=O)c2cccc(N)c2)C1(C)C. The Hall–Kier alpha value is -1.55. The highest BCUT2D eigenvalue weighted by atomic mass is 16.5. The molecule has 1 amide bonds. The highest BCUT2D eigenvalue weighted by Gasteiger charge is 2.49. The number of rotatable bonds is 4. The van der Waals surface area contributed by atoms with Crippen molar-refractivity contribution in [3.8, 4) is 0 Å². The third-order valence-electron chi connectivity index (χ3n) is 4.00. The number of carbonyl (C=O) groups is 1. The Kier molecular flexibility index (Phi) is 3.80. The number of anilines is 1. The predicted octanol–water partition coefficient (Wildman–Crippen LogP) is 2.20. The average molecular weight is 262 g/mol. The molecule has 1 fully saturated rings. The zero-order valence-corrected chi connectivity index (χ0v) is 11.8. The Morgan fingerprint density at radius 1 is 1.53 bits per heavy atom. The van der Waals surface area contributed by atoms with Crippen molar-refractivity contribution in [1.82, 2.24) is 5.32 Å². The van der Waals surface area contributed by atoms with E-state index in [2.05, 4.69) is 19.2 Å². The van der Waals surface area contributed by atoms with Crippen LogP contribution in [-0.2, 0) is 4.74 Å². The van der Waals surface area contributed by atoms with Gasteiger partial charge in [-0.1, -0.05) is 19.9 Å². The lowest BCUT2D eigenvalue weighted by molar-refractivity contribution is -0.111. The van der Waals surface area contributed by atoms with Crippen LogP contribution in [0.2, 0.25) is 0 Å². The molecule has 104 valence electrons. The first-order valence-corrected chi connectivity index (χ1v) is 6.73. The van der Waals surface area contributed by atoms with E-state index in [1.54, 1.807) is 24.3 Å². The topological polar surface area (TPSA) is 64.3 Å². The molecule has 0 saturated heterocycles. The maximum Gasteiger partial charge on any atom is 0.251 e. The monoisotopic (exact) mass is 262 g/mol. The van der Waals surface area contributed by atoms with Gasteiger partial charge in [0.25, 0.3) is 5.91 Å². The van der Waals surface area contributed by atoms with Crippen LogP contribution >= 0.6 is 0 Å². The van der Waals surface area contributed by atoms with Crippen LogP contribution in [0.5, 0.6) is 0 Å². The standard InChI is InChI=1S/C15H22N2O2/c1-4-19-13-9-12(15(13,2)3)17-14(18)10-6-5-7-11(16)8-10/h5-8,12-13H,4,9,16H2,1-3H3,(H,17,18). The van der Waals surface area contributed by atoms with Crippen LogP contribution in [0, 0.1) is 5.41 Å². The molecule has 1 saturated carbocycles. The van der Waals surface area contributed by atoms with Crippen molar-refractivity contribution < 1.29 is 9.53 Å². The van der Waals surface area contributed by atoms with Gasteiger partial charge in [0.1, 0.15) is 0 Å². The number of carbonyl (C=O) groups excluding carboxylic acids is 1. The molecule has 0 bridgehead atoms. The second-order valence-electron chi connectivity index (χ2n) is 5.65. The number of hydrogen-bond donors (Lipinski definition) is 2. The summed E-state index contributed by atoms with van der Waals surface area (Å²) in [6.45, 7) is 6.96. The summed E-state index contributed by atoms with van der Waals surface area (Å²) in [4.78, 5) is 12.1. The summed E-state index contributed by atoms with van der Waals surface area (Å²) in [5.74, 6) is -0.0691. The lowest BCUT2D eigenvalue weighted by Gasteiger charge is -2.51. The highest BCUT2D eigenvalue weighted by molar-refractivity contribution is 5.95. The van der Waals surface area contributed by atoms with Gasteiger partial charge in [-0.05, 0) is 31.5 Å². The number of nitrogens with two attached hydrogens (primary N) is 1. The molecule has 1 aliphatic carbocycles. The molecule has 4 heteroatoms. The van der Waals surface area contributed by atoms with E-state index < -0.39 is 0 Å². The minimum atomic E-state index is -0.0691. The Morgan fingerprint density at radius 2 is 2.26 bits per heavy atom. The van der Waals surface area contributed by atoms with Crippen molar-refractivity contribution in [2.45, 2.75) is 39.3 Å². The normalized spacial score (nSPS) is 24.6. The Morgan fingerprint density at radius 3 is 2.84 bits per heavy atom. The van der Waals surface area contributed by atoms with E-state index in [9.17, 15) is 4.79 Å². The quantitative estimate of drug-likeness (QED) is 0.818. The van der Waals surface area contributed by atoms with E-state index in [-0.39, 0.29) is 23.5 Å². The first-order chi connectivity index (χ1) is 8.95. The number of nitrogen functional groups attached to an aromatic ring is 1.